The number of esters is 1. The Kier molecular flexibility index (Phi) is 5.00. The lowest BCUT2D eigenvalue weighted by atomic mass is 10.0. The summed E-state index contributed by atoms with van der Waals surface area (Å²) in [5.41, 5.74) is 7.63. The Bertz CT molecular complexity index is 396. The average molecular weight is 255 g/mol. The lowest BCUT2D eigenvalue weighted by molar-refractivity contribution is 0.0378. The number of carbonyl (C=O) groups is 1. The van der Waals surface area contributed by atoms with Crippen LogP contribution in [0.3, 0.4) is 0 Å². The third kappa shape index (κ3) is 3.22. The molecule has 0 aromatic carbocycles. The molecule has 1 rings (SSSR count). The Balaban J connectivity index is 3.11. The van der Waals surface area contributed by atoms with Crippen LogP contribution in [0.2, 0.25) is 0 Å². The molecule has 0 radical (unpaired) electrons. The van der Waals surface area contributed by atoms with Gasteiger partial charge in [-0.2, -0.15) is 0 Å². The van der Waals surface area contributed by atoms with Crippen LogP contribution in [0.15, 0.2) is 0 Å². The van der Waals surface area contributed by atoms with E-state index in [4.69, 9.17) is 10.5 Å². The normalized spacial score (nSPS) is 10.9. The molecule has 1 heterocycles. The molecule has 0 atom stereocenters. The molecular weight excluding hydrogens is 234 g/mol. The zero-order chi connectivity index (χ0) is 13.0. The fourth-order valence-electron chi connectivity index (χ4n) is 1.83. The Labute approximate surface area is 107 Å². The van der Waals surface area contributed by atoms with E-state index in [0.717, 1.165) is 24.8 Å². The molecule has 0 amide bonds. The third-order valence-corrected chi connectivity index (χ3v) is 3.69. The van der Waals surface area contributed by atoms with Crippen LogP contribution in [-0.4, -0.2) is 12.1 Å². The summed E-state index contributed by atoms with van der Waals surface area (Å²) in [7, 11) is 0. The van der Waals surface area contributed by atoms with Gasteiger partial charge in [0, 0.05) is 4.88 Å². The summed E-state index contributed by atoms with van der Waals surface area (Å²) in [6.07, 6.45) is 2.70. The van der Waals surface area contributed by atoms with Crippen molar-refractivity contribution in [3.05, 3.63) is 16.0 Å². The third-order valence-electron chi connectivity index (χ3n) is 2.49. The first-order chi connectivity index (χ1) is 8.01. The molecule has 0 aliphatic rings. The van der Waals surface area contributed by atoms with Crippen molar-refractivity contribution in [1.82, 2.24) is 0 Å². The number of aryl methyl sites for hydroxylation is 1. The SMILES string of the molecule is CCCc1c(CC)sc(N)c1C(=O)OC(C)C. The fraction of sp³-hybridized carbons (Fsp3) is 0.615. The van der Waals surface area contributed by atoms with E-state index >= 15 is 0 Å². The van der Waals surface area contributed by atoms with Gasteiger partial charge < -0.3 is 10.5 Å². The smallest absolute Gasteiger partial charge is 0.341 e. The molecule has 96 valence electrons. The number of ether oxygens (including phenoxy) is 1. The van der Waals surface area contributed by atoms with Crippen LogP contribution in [0.4, 0.5) is 5.00 Å². The highest BCUT2D eigenvalue weighted by molar-refractivity contribution is 7.16. The Morgan fingerprint density at radius 1 is 1.41 bits per heavy atom. The summed E-state index contributed by atoms with van der Waals surface area (Å²) in [6.45, 7) is 7.88. The largest absolute Gasteiger partial charge is 0.459 e. The molecule has 2 N–H and O–H groups in total. The van der Waals surface area contributed by atoms with Gasteiger partial charge in [0.2, 0.25) is 0 Å². The van der Waals surface area contributed by atoms with Crippen LogP contribution >= 0.6 is 11.3 Å². The summed E-state index contributed by atoms with van der Waals surface area (Å²) in [4.78, 5) is 13.2. The number of nitrogens with two attached hydrogens (primary N) is 1. The van der Waals surface area contributed by atoms with Gasteiger partial charge in [-0.05, 0) is 32.3 Å². The first kappa shape index (κ1) is 14.0. The van der Waals surface area contributed by atoms with Crippen molar-refractivity contribution in [3.8, 4) is 0 Å². The predicted octanol–water partition coefficient (Wildman–Crippen LogP) is 3.41. The van der Waals surface area contributed by atoms with E-state index < -0.39 is 0 Å². The van der Waals surface area contributed by atoms with Gasteiger partial charge >= 0.3 is 5.97 Å². The van der Waals surface area contributed by atoms with Gasteiger partial charge in [0.1, 0.15) is 5.00 Å². The quantitative estimate of drug-likeness (QED) is 0.820. The van der Waals surface area contributed by atoms with Gasteiger partial charge in [-0.3, -0.25) is 0 Å². The van der Waals surface area contributed by atoms with Gasteiger partial charge in [0.15, 0.2) is 0 Å². The Hall–Kier alpha value is -1.03. The topological polar surface area (TPSA) is 52.3 Å². The lowest BCUT2D eigenvalue weighted by Crippen LogP contribution is -2.14. The highest BCUT2D eigenvalue weighted by atomic mass is 32.1. The molecule has 0 saturated carbocycles. The van der Waals surface area contributed by atoms with E-state index in [9.17, 15) is 4.79 Å². The van der Waals surface area contributed by atoms with Crippen LogP contribution in [0.1, 0.15) is 54.9 Å². The van der Waals surface area contributed by atoms with Crippen molar-refractivity contribution in [2.75, 3.05) is 5.73 Å². The maximum absolute atomic E-state index is 12.0. The summed E-state index contributed by atoms with van der Waals surface area (Å²) in [5, 5.41) is 0.593. The van der Waals surface area contributed by atoms with E-state index in [-0.39, 0.29) is 12.1 Å². The lowest BCUT2D eigenvalue weighted by Gasteiger charge is -2.09. The van der Waals surface area contributed by atoms with Gasteiger partial charge in [0.25, 0.3) is 0 Å². The molecule has 0 bridgehead atoms. The minimum Gasteiger partial charge on any atom is -0.459 e. The first-order valence-corrected chi connectivity index (χ1v) is 6.93. The maximum atomic E-state index is 12.0. The van der Waals surface area contributed by atoms with Crippen molar-refractivity contribution >= 4 is 22.3 Å². The zero-order valence-corrected chi connectivity index (χ0v) is 11.8. The first-order valence-electron chi connectivity index (χ1n) is 6.12. The van der Waals surface area contributed by atoms with Crippen molar-refractivity contribution in [2.45, 2.75) is 53.1 Å². The molecule has 0 unspecified atom stereocenters. The molecule has 0 aliphatic carbocycles. The number of rotatable bonds is 5. The van der Waals surface area contributed by atoms with Gasteiger partial charge in [0.05, 0.1) is 11.7 Å². The van der Waals surface area contributed by atoms with Gasteiger partial charge in [-0.1, -0.05) is 20.3 Å². The standard InChI is InChI=1S/C13H21NO2S/c1-5-7-9-10(6-2)17-12(14)11(9)13(15)16-8(3)4/h8H,5-7,14H2,1-4H3. The number of anilines is 1. The summed E-state index contributed by atoms with van der Waals surface area (Å²) in [6, 6.07) is 0. The summed E-state index contributed by atoms with van der Waals surface area (Å²) < 4.78 is 5.25. The van der Waals surface area contributed by atoms with E-state index in [0.29, 0.717) is 10.6 Å². The molecular formula is C13H21NO2S. The molecule has 3 nitrogen and oxygen atoms in total. The van der Waals surface area contributed by atoms with Gasteiger partial charge in [-0.15, -0.1) is 11.3 Å². The number of hydrogen-bond donors (Lipinski definition) is 1. The molecule has 17 heavy (non-hydrogen) atoms. The molecule has 4 heteroatoms. The highest BCUT2D eigenvalue weighted by Gasteiger charge is 2.22. The molecule has 0 spiro atoms. The highest BCUT2D eigenvalue weighted by Crippen LogP contribution is 2.33. The van der Waals surface area contributed by atoms with Crippen molar-refractivity contribution in [2.24, 2.45) is 0 Å². The van der Waals surface area contributed by atoms with E-state index in [1.54, 1.807) is 0 Å². The Morgan fingerprint density at radius 3 is 2.53 bits per heavy atom. The van der Waals surface area contributed by atoms with Crippen LogP contribution in [0.25, 0.3) is 0 Å². The van der Waals surface area contributed by atoms with Gasteiger partial charge in [-0.25, -0.2) is 4.79 Å². The van der Waals surface area contributed by atoms with Crippen LogP contribution in [-0.2, 0) is 17.6 Å². The van der Waals surface area contributed by atoms with Crippen LogP contribution in [0, 0.1) is 0 Å². The number of nitrogen functional groups attached to an aromatic ring is 1. The molecule has 0 aliphatic heterocycles. The monoisotopic (exact) mass is 255 g/mol. The molecule has 1 aromatic rings. The van der Waals surface area contributed by atoms with Crippen molar-refractivity contribution in [1.29, 1.82) is 0 Å². The van der Waals surface area contributed by atoms with Crippen molar-refractivity contribution < 1.29 is 9.53 Å². The minimum atomic E-state index is -0.281. The Morgan fingerprint density at radius 2 is 2.06 bits per heavy atom. The predicted molar refractivity (Wildman–Crippen MR) is 72.7 cm³/mol. The molecule has 0 saturated heterocycles. The zero-order valence-electron chi connectivity index (χ0n) is 11.0. The number of hydrogen-bond acceptors (Lipinski definition) is 4. The maximum Gasteiger partial charge on any atom is 0.341 e. The number of thiophene rings is 1. The second-order valence-electron chi connectivity index (χ2n) is 4.30. The fourth-order valence-corrected chi connectivity index (χ4v) is 2.88. The van der Waals surface area contributed by atoms with Crippen molar-refractivity contribution in [3.63, 3.8) is 0 Å². The van der Waals surface area contributed by atoms with Crippen LogP contribution in [0.5, 0.6) is 0 Å². The molecule has 1 aromatic heterocycles. The summed E-state index contributed by atoms with van der Waals surface area (Å²) >= 11 is 1.51. The number of carbonyl (C=O) groups excluding carboxylic acids is 1. The van der Waals surface area contributed by atoms with E-state index in [1.165, 1.54) is 16.2 Å². The van der Waals surface area contributed by atoms with E-state index in [2.05, 4.69) is 13.8 Å². The summed E-state index contributed by atoms with van der Waals surface area (Å²) in [5.74, 6) is -0.281. The second kappa shape index (κ2) is 6.05. The minimum absolute atomic E-state index is 0.110. The van der Waals surface area contributed by atoms with Crippen LogP contribution < -0.4 is 5.73 Å². The second-order valence-corrected chi connectivity index (χ2v) is 5.44. The average Bonchev–Trinajstić information content (AvgIpc) is 2.54. The molecule has 0 fully saturated rings. The van der Waals surface area contributed by atoms with E-state index in [1.807, 2.05) is 13.8 Å².